The highest BCUT2D eigenvalue weighted by molar-refractivity contribution is 5.98. The average Bonchev–Trinajstić information content (AvgIpc) is 2.99. The molecule has 1 fully saturated rings. The van der Waals surface area contributed by atoms with Crippen LogP contribution in [0.3, 0.4) is 0 Å². The molecule has 3 aromatic rings. The molecule has 0 aromatic heterocycles. The summed E-state index contributed by atoms with van der Waals surface area (Å²) in [4.78, 5) is 43.3. The van der Waals surface area contributed by atoms with Gasteiger partial charge in [-0.05, 0) is 37.1 Å². The Hall–Kier alpha value is -4.50. The zero-order chi connectivity index (χ0) is 29.4. The van der Waals surface area contributed by atoms with Crippen LogP contribution in [-0.2, 0) is 20.9 Å². The van der Waals surface area contributed by atoms with Crippen LogP contribution in [0, 0.1) is 10.8 Å². The maximum atomic E-state index is 13.9. The number of ether oxygens (including phenoxy) is 1. The second-order valence-corrected chi connectivity index (χ2v) is 10.7. The normalized spacial score (nSPS) is 14.6. The number of piperazine rings is 1. The van der Waals surface area contributed by atoms with E-state index in [1.165, 1.54) is 0 Å². The highest BCUT2D eigenvalue weighted by atomic mass is 16.5. The predicted octanol–water partition coefficient (Wildman–Crippen LogP) is 3.36. The Balaban J connectivity index is 1.39. The molecule has 3 aromatic carbocycles. The van der Waals surface area contributed by atoms with Gasteiger partial charge in [-0.1, -0.05) is 72.8 Å². The number of nitrogens with two attached hydrogens (primary N) is 1. The molecule has 0 aliphatic carbocycles. The number of esters is 1. The third kappa shape index (κ3) is 7.58. The second kappa shape index (κ2) is 13.2. The van der Waals surface area contributed by atoms with E-state index in [2.05, 4.69) is 5.32 Å². The van der Waals surface area contributed by atoms with Crippen molar-refractivity contribution < 1.29 is 19.1 Å². The van der Waals surface area contributed by atoms with Crippen LogP contribution in [0.5, 0.6) is 0 Å². The molecule has 2 amide bonds. The minimum atomic E-state index is -0.965. The van der Waals surface area contributed by atoms with Crippen LogP contribution in [0.25, 0.3) is 0 Å². The minimum absolute atomic E-state index is 0.0741. The summed E-state index contributed by atoms with van der Waals surface area (Å²) in [7, 11) is 0. The number of nitrogen functional groups attached to an aromatic ring is 1. The van der Waals surface area contributed by atoms with Crippen molar-refractivity contribution in [2.75, 3.05) is 32.7 Å². The fraction of sp³-hybridized carbons (Fsp3) is 0.312. The summed E-state index contributed by atoms with van der Waals surface area (Å²) in [6, 6.07) is 24.9. The molecule has 4 rings (SSSR count). The highest BCUT2D eigenvalue weighted by Crippen LogP contribution is 2.36. The SMILES string of the molecule is CC(C)(C(=O)N1CCN(CC(=O)OCc2ccccc2)CC1)C(NC(=O)c1ccc(C(=N)N)cc1)c1ccccc1. The van der Waals surface area contributed by atoms with Gasteiger partial charge < -0.3 is 20.7 Å². The van der Waals surface area contributed by atoms with E-state index in [0.717, 1.165) is 11.1 Å². The number of hydrogen-bond acceptors (Lipinski definition) is 6. The zero-order valence-electron chi connectivity index (χ0n) is 23.5. The molecule has 1 aliphatic heterocycles. The van der Waals surface area contributed by atoms with Crippen LogP contribution in [-0.4, -0.2) is 66.1 Å². The monoisotopic (exact) mass is 555 g/mol. The Kier molecular flexibility index (Phi) is 9.52. The average molecular weight is 556 g/mol. The fourth-order valence-electron chi connectivity index (χ4n) is 4.95. The van der Waals surface area contributed by atoms with Crippen molar-refractivity contribution in [1.82, 2.24) is 15.1 Å². The van der Waals surface area contributed by atoms with Gasteiger partial charge in [0.05, 0.1) is 18.0 Å². The summed E-state index contributed by atoms with van der Waals surface area (Å²) in [5, 5.41) is 10.6. The van der Waals surface area contributed by atoms with Crippen LogP contribution >= 0.6 is 0 Å². The first kappa shape index (κ1) is 29.5. The molecule has 0 saturated carbocycles. The molecule has 41 heavy (non-hydrogen) atoms. The van der Waals surface area contributed by atoms with Gasteiger partial charge >= 0.3 is 5.97 Å². The molecule has 1 heterocycles. The Morgan fingerprint density at radius 2 is 1.44 bits per heavy atom. The van der Waals surface area contributed by atoms with Crippen LogP contribution in [0.1, 0.15) is 46.9 Å². The summed E-state index contributed by atoms with van der Waals surface area (Å²) in [6.45, 7) is 6.13. The quantitative estimate of drug-likeness (QED) is 0.200. The first-order valence-corrected chi connectivity index (χ1v) is 13.7. The molecule has 1 aliphatic rings. The third-order valence-corrected chi connectivity index (χ3v) is 7.39. The molecule has 1 unspecified atom stereocenters. The lowest BCUT2D eigenvalue weighted by Crippen LogP contribution is -2.55. The number of amidine groups is 1. The standard InChI is InChI=1S/C32H37N5O4/c1-32(2,28(24-11-7-4-8-12-24)35-30(39)26-15-13-25(14-16-26)29(33)34)31(40)37-19-17-36(18-20-37)21-27(38)41-22-23-9-5-3-6-10-23/h3-16,28H,17-22H2,1-2H3,(H3,33,34)(H,35,39). The maximum Gasteiger partial charge on any atom is 0.320 e. The van der Waals surface area contributed by atoms with Crippen LogP contribution < -0.4 is 11.1 Å². The predicted molar refractivity (Wildman–Crippen MR) is 157 cm³/mol. The molecule has 1 atom stereocenters. The number of carbonyl (C=O) groups is 3. The number of carbonyl (C=O) groups excluding carboxylic acids is 3. The van der Waals surface area contributed by atoms with E-state index in [0.29, 0.717) is 37.3 Å². The van der Waals surface area contributed by atoms with Gasteiger partial charge in [-0.3, -0.25) is 24.7 Å². The molecule has 4 N–H and O–H groups in total. The molecular weight excluding hydrogens is 518 g/mol. The smallest absolute Gasteiger partial charge is 0.320 e. The lowest BCUT2D eigenvalue weighted by molar-refractivity contribution is -0.148. The summed E-state index contributed by atoms with van der Waals surface area (Å²) in [5.41, 5.74) is 7.27. The molecular formula is C32H37N5O4. The summed E-state index contributed by atoms with van der Waals surface area (Å²) in [5.74, 6) is -0.772. The first-order valence-electron chi connectivity index (χ1n) is 13.7. The molecule has 9 nitrogen and oxygen atoms in total. The molecule has 0 spiro atoms. The lowest BCUT2D eigenvalue weighted by atomic mass is 9.78. The van der Waals surface area contributed by atoms with Crippen molar-refractivity contribution >= 4 is 23.6 Å². The van der Waals surface area contributed by atoms with E-state index in [1.54, 1.807) is 29.2 Å². The third-order valence-electron chi connectivity index (χ3n) is 7.39. The Labute approximate surface area is 240 Å². The van der Waals surface area contributed by atoms with Gasteiger partial charge in [-0.25, -0.2) is 0 Å². The Bertz CT molecular complexity index is 1350. The van der Waals surface area contributed by atoms with E-state index < -0.39 is 11.5 Å². The number of rotatable bonds is 10. The van der Waals surface area contributed by atoms with Gasteiger partial charge in [0, 0.05) is 37.3 Å². The van der Waals surface area contributed by atoms with Gasteiger partial charge in [0.2, 0.25) is 5.91 Å². The van der Waals surface area contributed by atoms with E-state index >= 15 is 0 Å². The summed E-state index contributed by atoms with van der Waals surface area (Å²) >= 11 is 0. The van der Waals surface area contributed by atoms with E-state index in [9.17, 15) is 14.4 Å². The van der Waals surface area contributed by atoms with Gasteiger partial charge in [0.15, 0.2) is 0 Å². The minimum Gasteiger partial charge on any atom is -0.460 e. The van der Waals surface area contributed by atoms with Crippen molar-refractivity contribution in [2.24, 2.45) is 11.1 Å². The molecule has 0 bridgehead atoms. The molecule has 1 saturated heterocycles. The number of benzene rings is 3. The maximum absolute atomic E-state index is 13.9. The van der Waals surface area contributed by atoms with Crippen molar-refractivity contribution in [3.63, 3.8) is 0 Å². The highest BCUT2D eigenvalue weighted by Gasteiger charge is 2.42. The van der Waals surface area contributed by atoms with Gasteiger partial charge in [0.25, 0.3) is 5.91 Å². The van der Waals surface area contributed by atoms with Crippen LogP contribution in [0.15, 0.2) is 84.9 Å². The van der Waals surface area contributed by atoms with Crippen molar-refractivity contribution in [2.45, 2.75) is 26.5 Å². The Morgan fingerprint density at radius 1 is 0.878 bits per heavy atom. The summed E-state index contributed by atoms with van der Waals surface area (Å²) < 4.78 is 5.41. The van der Waals surface area contributed by atoms with Crippen molar-refractivity contribution in [3.8, 4) is 0 Å². The van der Waals surface area contributed by atoms with Gasteiger partial charge in [-0.15, -0.1) is 0 Å². The van der Waals surface area contributed by atoms with Gasteiger partial charge in [-0.2, -0.15) is 0 Å². The topological polar surface area (TPSA) is 129 Å². The number of amides is 2. The molecule has 214 valence electrons. The van der Waals surface area contributed by atoms with Crippen molar-refractivity contribution in [3.05, 3.63) is 107 Å². The fourth-order valence-corrected chi connectivity index (χ4v) is 4.95. The molecule has 9 heteroatoms. The summed E-state index contributed by atoms with van der Waals surface area (Å²) in [6.07, 6.45) is 0. The van der Waals surface area contributed by atoms with Crippen molar-refractivity contribution in [1.29, 1.82) is 5.41 Å². The number of hydrogen-bond donors (Lipinski definition) is 3. The molecule has 0 radical (unpaired) electrons. The van der Waals surface area contributed by atoms with Crippen LogP contribution in [0.4, 0.5) is 0 Å². The first-order chi connectivity index (χ1) is 19.6. The largest absolute Gasteiger partial charge is 0.460 e. The van der Waals surface area contributed by atoms with E-state index in [-0.39, 0.29) is 36.8 Å². The number of nitrogens with zero attached hydrogens (tertiary/aromatic N) is 2. The van der Waals surface area contributed by atoms with Crippen LogP contribution in [0.2, 0.25) is 0 Å². The van der Waals surface area contributed by atoms with Gasteiger partial charge in [0.1, 0.15) is 12.4 Å². The lowest BCUT2D eigenvalue weighted by Gasteiger charge is -2.41. The van der Waals surface area contributed by atoms with E-state index in [1.807, 2.05) is 79.4 Å². The Morgan fingerprint density at radius 3 is 2.02 bits per heavy atom. The zero-order valence-corrected chi connectivity index (χ0v) is 23.5. The van der Waals surface area contributed by atoms with E-state index in [4.69, 9.17) is 15.9 Å². The second-order valence-electron chi connectivity index (χ2n) is 10.7. The number of nitrogens with one attached hydrogen (secondary N) is 2.